The van der Waals surface area contributed by atoms with Crippen LogP contribution in [0.1, 0.15) is 0 Å². The number of hydrogen-bond donors (Lipinski definition) is 0. The van der Waals surface area contributed by atoms with Gasteiger partial charge in [0.2, 0.25) is 0 Å². The van der Waals surface area contributed by atoms with Gasteiger partial charge in [-0.15, -0.1) is 0 Å². The van der Waals surface area contributed by atoms with Crippen molar-refractivity contribution in [3.63, 3.8) is 0 Å². The van der Waals surface area contributed by atoms with Gasteiger partial charge in [-0.05, 0) is 0 Å². The molecule has 0 aromatic heterocycles. The average molecular weight is 195 g/mol. The SMILES string of the molecule is CO[PH](N(C)C)(N(C)C)N(C)C. The molecule has 4 nitrogen and oxygen atoms in total. The normalized spacial score (nSPS) is 14.8. The van der Waals surface area contributed by atoms with Gasteiger partial charge in [0.1, 0.15) is 0 Å². The second-order valence-electron chi connectivity index (χ2n) is 3.46. The van der Waals surface area contributed by atoms with Gasteiger partial charge >= 0.3 is 75.9 Å². The van der Waals surface area contributed by atoms with Gasteiger partial charge < -0.3 is 0 Å². The van der Waals surface area contributed by atoms with Gasteiger partial charge in [0, 0.05) is 0 Å². The van der Waals surface area contributed by atoms with E-state index in [1.165, 1.54) is 0 Å². The van der Waals surface area contributed by atoms with E-state index in [1.54, 1.807) is 7.11 Å². The molecule has 0 atom stereocenters. The van der Waals surface area contributed by atoms with Gasteiger partial charge in [0.05, 0.1) is 0 Å². The molecule has 0 aliphatic rings. The zero-order valence-electron chi connectivity index (χ0n) is 9.25. The van der Waals surface area contributed by atoms with E-state index in [9.17, 15) is 0 Å². The van der Waals surface area contributed by atoms with Crippen molar-refractivity contribution in [2.75, 3.05) is 49.4 Å². The Balaban J connectivity index is 4.77. The van der Waals surface area contributed by atoms with E-state index in [0.717, 1.165) is 0 Å². The van der Waals surface area contributed by atoms with Crippen LogP contribution in [0.4, 0.5) is 0 Å². The van der Waals surface area contributed by atoms with E-state index in [2.05, 4.69) is 56.3 Å². The summed E-state index contributed by atoms with van der Waals surface area (Å²) < 4.78 is 12.1. The summed E-state index contributed by atoms with van der Waals surface area (Å²) in [6.07, 6.45) is 0. The zero-order valence-corrected chi connectivity index (χ0v) is 10.2. The molecular formula is C7H22N3OP. The summed E-state index contributed by atoms with van der Waals surface area (Å²) >= 11 is 0. The molecule has 0 heterocycles. The Morgan fingerprint density at radius 2 is 1.00 bits per heavy atom. The number of hydrogen-bond acceptors (Lipinski definition) is 4. The first-order chi connectivity index (χ1) is 5.39. The quantitative estimate of drug-likeness (QED) is 0.615. The molecule has 5 heteroatoms. The first kappa shape index (κ1) is 12.3. The number of nitrogens with zero attached hydrogens (tertiary/aromatic N) is 3. The molecule has 0 aliphatic heterocycles. The monoisotopic (exact) mass is 195 g/mol. The van der Waals surface area contributed by atoms with Crippen LogP contribution >= 0.6 is 7.94 Å². The Labute approximate surface area is 76.7 Å². The van der Waals surface area contributed by atoms with Gasteiger partial charge in [0.25, 0.3) is 0 Å². The Bertz CT molecular complexity index is 117. The predicted octanol–water partition coefficient (Wildman–Crippen LogP) is 0.727. The van der Waals surface area contributed by atoms with E-state index < -0.39 is 7.94 Å². The first-order valence-electron chi connectivity index (χ1n) is 3.97. The van der Waals surface area contributed by atoms with E-state index in [4.69, 9.17) is 4.52 Å². The third-order valence-corrected chi connectivity index (χ3v) is 6.06. The van der Waals surface area contributed by atoms with Gasteiger partial charge in [0.15, 0.2) is 0 Å². The molecule has 0 spiro atoms. The molecule has 0 aromatic carbocycles. The van der Waals surface area contributed by atoms with Crippen molar-refractivity contribution in [3.05, 3.63) is 0 Å². The van der Waals surface area contributed by atoms with Crippen molar-refractivity contribution in [1.29, 1.82) is 0 Å². The summed E-state index contributed by atoms with van der Waals surface area (Å²) in [7, 11) is 12.1. The van der Waals surface area contributed by atoms with Crippen molar-refractivity contribution >= 4 is 7.94 Å². The van der Waals surface area contributed by atoms with Crippen LogP contribution in [0.25, 0.3) is 0 Å². The third-order valence-electron chi connectivity index (χ3n) is 2.02. The maximum absolute atomic E-state index is 5.64. The predicted molar refractivity (Wildman–Crippen MR) is 56.4 cm³/mol. The molecule has 0 fully saturated rings. The number of rotatable bonds is 4. The molecule has 0 amide bonds. The van der Waals surface area contributed by atoms with Crippen LogP contribution in [0.5, 0.6) is 0 Å². The summed E-state index contributed by atoms with van der Waals surface area (Å²) in [6.45, 7) is 0. The molecule has 0 unspecified atom stereocenters. The summed E-state index contributed by atoms with van der Waals surface area (Å²) in [5, 5.41) is 0. The molecule has 0 N–H and O–H groups in total. The molecule has 0 aliphatic carbocycles. The van der Waals surface area contributed by atoms with Crippen molar-refractivity contribution in [2.24, 2.45) is 0 Å². The summed E-state index contributed by atoms with van der Waals surface area (Å²) in [4.78, 5) is 0. The fourth-order valence-corrected chi connectivity index (χ4v) is 5.24. The Hall–Kier alpha value is 0.270. The van der Waals surface area contributed by atoms with Crippen molar-refractivity contribution in [2.45, 2.75) is 0 Å². The van der Waals surface area contributed by atoms with Gasteiger partial charge in [-0.3, -0.25) is 0 Å². The van der Waals surface area contributed by atoms with Crippen LogP contribution < -0.4 is 0 Å². The topological polar surface area (TPSA) is 19.0 Å². The van der Waals surface area contributed by atoms with Gasteiger partial charge in [-0.2, -0.15) is 0 Å². The van der Waals surface area contributed by atoms with E-state index >= 15 is 0 Å². The van der Waals surface area contributed by atoms with E-state index in [-0.39, 0.29) is 0 Å². The van der Waals surface area contributed by atoms with Crippen molar-refractivity contribution in [1.82, 2.24) is 14.0 Å². The van der Waals surface area contributed by atoms with Crippen LogP contribution in [-0.2, 0) is 4.52 Å². The fourth-order valence-electron chi connectivity index (χ4n) is 1.75. The summed E-state index contributed by atoms with van der Waals surface area (Å²) in [5.74, 6) is 0. The van der Waals surface area contributed by atoms with Crippen LogP contribution in [-0.4, -0.2) is 63.4 Å². The maximum atomic E-state index is 5.64. The average Bonchev–Trinajstić information content (AvgIpc) is 1.86. The first-order valence-corrected chi connectivity index (χ1v) is 5.72. The van der Waals surface area contributed by atoms with Crippen LogP contribution in [0, 0.1) is 0 Å². The molecule has 0 bridgehead atoms. The minimum atomic E-state index is -2.00. The summed E-state index contributed by atoms with van der Waals surface area (Å²) in [6, 6.07) is 0. The van der Waals surface area contributed by atoms with Crippen molar-refractivity contribution < 1.29 is 4.52 Å². The Morgan fingerprint density at radius 1 is 0.750 bits per heavy atom. The van der Waals surface area contributed by atoms with E-state index in [0.29, 0.717) is 0 Å². The standard InChI is InChI=1S/C7H22N3OP/c1-8(2)12(11-7,9(3)4)10(5)6/h12H,1-7H3. The van der Waals surface area contributed by atoms with E-state index in [1.807, 2.05) is 0 Å². The van der Waals surface area contributed by atoms with Crippen molar-refractivity contribution in [3.8, 4) is 0 Å². The molecule has 12 heavy (non-hydrogen) atoms. The Kier molecular flexibility index (Phi) is 4.59. The molecular weight excluding hydrogens is 173 g/mol. The third kappa shape index (κ3) is 1.95. The zero-order chi connectivity index (χ0) is 9.94. The summed E-state index contributed by atoms with van der Waals surface area (Å²) in [5.41, 5.74) is 0. The van der Waals surface area contributed by atoms with Gasteiger partial charge in [-0.25, -0.2) is 0 Å². The Morgan fingerprint density at radius 3 is 1.00 bits per heavy atom. The molecule has 0 aromatic rings. The fraction of sp³-hybridized carbons (Fsp3) is 1.00. The molecule has 0 saturated carbocycles. The van der Waals surface area contributed by atoms with Crippen LogP contribution in [0.3, 0.4) is 0 Å². The molecule has 0 radical (unpaired) electrons. The van der Waals surface area contributed by atoms with Crippen LogP contribution in [0.15, 0.2) is 0 Å². The minimum absolute atomic E-state index is 1.77. The molecule has 0 saturated heterocycles. The van der Waals surface area contributed by atoms with Gasteiger partial charge in [-0.1, -0.05) is 0 Å². The molecule has 0 rings (SSSR count). The second kappa shape index (κ2) is 4.49. The van der Waals surface area contributed by atoms with Crippen LogP contribution in [0.2, 0.25) is 0 Å². The second-order valence-corrected chi connectivity index (χ2v) is 7.70. The molecule has 76 valence electrons.